The van der Waals surface area contributed by atoms with Crippen LogP contribution in [0.5, 0.6) is 0 Å². The predicted molar refractivity (Wildman–Crippen MR) is 103 cm³/mol. The van der Waals surface area contributed by atoms with Crippen molar-refractivity contribution in [3.05, 3.63) is 0 Å². The molecule has 0 radical (unpaired) electrons. The minimum Gasteiger partial charge on any atom is -0.464 e. The average molecular weight is 411 g/mol. The number of carbonyl (C=O) groups excluding carboxylic acids is 2. The molecule has 2 spiro atoms. The lowest BCUT2D eigenvalue weighted by molar-refractivity contribution is -0.269. The second-order valence-corrected chi connectivity index (χ2v) is 10.0. The van der Waals surface area contributed by atoms with E-state index in [9.17, 15) is 14.7 Å². The fourth-order valence-corrected chi connectivity index (χ4v) is 7.35. The summed E-state index contributed by atoms with van der Waals surface area (Å²) in [6, 6.07) is 0. The summed E-state index contributed by atoms with van der Waals surface area (Å²) in [4.78, 5) is 22.9. The van der Waals surface area contributed by atoms with Gasteiger partial charge in [-0.15, -0.1) is 0 Å². The highest BCUT2D eigenvalue weighted by atomic mass is 16.6. The van der Waals surface area contributed by atoms with Gasteiger partial charge in [0, 0.05) is 30.6 Å². The highest BCUT2D eigenvalue weighted by Crippen LogP contribution is 2.66. The van der Waals surface area contributed by atoms with Crippen molar-refractivity contribution in [3.63, 3.8) is 0 Å². The van der Waals surface area contributed by atoms with E-state index < -0.39 is 11.9 Å². The summed E-state index contributed by atoms with van der Waals surface area (Å²) in [5.41, 5.74) is -1.04. The zero-order valence-corrected chi connectivity index (χ0v) is 17.9. The van der Waals surface area contributed by atoms with E-state index in [1.807, 2.05) is 0 Å². The first-order valence-corrected chi connectivity index (χ1v) is 10.9. The third kappa shape index (κ3) is 3.12. The lowest BCUT2D eigenvalue weighted by Gasteiger charge is -2.63. The Labute approximate surface area is 172 Å². The topological polar surface area (TPSA) is 91.3 Å². The summed E-state index contributed by atoms with van der Waals surface area (Å²) >= 11 is 0. The van der Waals surface area contributed by atoms with Gasteiger partial charge in [0.2, 0.25) is 0 Å². The molecule has 164 valence electrons. The monoisotopic (exact) mass is 410 g/mol. The van der Waals surface area contributed by atoms with Crippen LogP contribution >= 0.6 is 0 Å². The van der Waals surface area contributed by atoms with Crippen molar-refractivity contribution in [2.24, 2.45) is 23.2 Å². The second kappa shape index (κ2) is 7.20. The van der Waals surface area contributed by atoms with Crippen LogP contribution in [0.4, 0.5) is 0 Å². The van der Waals surface area contributed by atoms with E-state index in [-0.39, 0.29) is 46.9 Å². The summed E-state index contributed by atoms with van der Waals surface area (Å²) in [7, 11) is 0. The molecule has 0 amide bonds. The summed E-state index contributed by atoms with van der Waals surface area (Å²) in [6.07, 6.45) is 3.41. The zero-order chi connectivity index (χ0) is 21.0. The number of aliphatic hydroxyl groups excluding tert-OH is 1. The van der Waals surface area contributed by atoms with Crippen molar-refractivity contribution in [1.29, 1.82) is 0 Å². The second-order valence-electron chi connectivity index (χ2n) is 10.0. The van der Waals surface area contributed by atoms with E-state index in [4.69, 9.17) is 18.9 Å². The fourth-order valence-electron chi connectivity index (χ4n) is 7.35. The Morgan fingerprint density at radius 1 is 1.21 bits per heavy atom. The Bertz CT molecular complexity index is 668. The quantitative estimate of drug-likeness (QED) is 0.565. The van der Waals surface area contributed by atoms with Crippen LogP contribution in [0.1, 0.15) is 66.2 Å². The first kappa shape index (κ1) is 21.1. The zero-order valence-electron chi connectivity index (χ0n) is 17.9. The van der Waals surface area contributed by atoms with Crippen LogP contribution in [0, 0.1) is 23.2 Å². The van der Waals surface area contributed by atoms with E-state index in [0.717, 1.165) is 32.1 Å². The maximum atomic E-state index is 11.6. The highest BCUT2D eigenvalue weighted by Gasteiger charge is 2.69. The van der Waals surface area contributed by atoms with Gasteiger partial charge in [0.25, 0.3) is 6.47 Å². The van der Waals surface area contributed by atoms with Crippen molar-refractivity contribution in [1.82, 2.24) is 0 Å². The summed E-state index contributed by atoms with van der Waals surface area (Å²) in [6.45, 7) is 8.98. The molecule has 7 nitrogen and oxygen atoms in total. The lowest BCUT2D eigenvalue weighted by atomic mass is 9.46. The van der Waals surface area contributed by atoms with Gasteiger partial charge in [-0.1, -0.05) is 20.8 Å². The SMILES string of the molecule is CC(=O)O[C@H]1CC[C@]2(C)[C@@H]([C@H]1C)[C@@H](OC=O)C[C@H](C)[C@]21CC[C@@]2(CO[C@@H](O)C2)O1. The van der Waals surface area contributed by atoms with Gasteiger partial charge in [0.05, 0.1) is 17.8 Å². The molecule has 9 atom stereocenters. The Kier molecular flexibility index (Phi) is 5.23. The molecule has 0 bridgehead atoms. The molecule has 0 aromatic heterocycles. The molecule has 4 aliphatic rings. The molecular formula is C22H34O7. The Morgan fingerprint density at radius 3 is 2.59 bits per heavy atom. The Balaban J connectivity index is 1.70. The number of ether oxygens (including phenoxy) is 4. The van der Waals surface area contributed by atoms with Gasteiger partial charge in [-0.25, -0.2) is 0 Å². The first-order chi connectivity index (χ1) is 13.7. The van der Waals surface area contributed by atoms with Crippen molar-refractivity contribution in [3.8, 4) is 0 Å². The van der Waals surface area contributed by atoms with Crippen LogP contribution < -0.4 is 0 Å². The molecular weight excluding hydrogens is 376 g/mol. The summed E-state index contributed by atoms with van der Waals surface area (Å²) in [5, 5.41) is 9.97. The first-order valence-electron chi connectivity index (χ1n) is 10.9. The van der Waals surface area contributed by atoms with Crippen LogP contribution in [-0.2, 0) is 28.5 Å². The van der Waals surface area contributed by atoms with Crippen molar-refractivity contribution in [2.45, 2.75) is 95.9 Å². The summed E-state index contributed by atoms with van der Waals surface area (Å²) in [5.74, 6) is 0.00981. The van der Waals surface area contributed by atoms with Gasteiger partial charge in [-0.05, 0) is 38.0 Å². The Morgan fingerprint density at radius 2 is 1.97 bits per heavy atom. The smallest absolute Gasteiger partial charge is 0.302 e. The molecule has 0 aromatic rings. The third-order valence-corrected chi connectivity index (χ3v) is 8.57. The average Bonchev–Trinajstić information content (AvgIpc) is 3.20. The number of fused-ring (bicyclic) bond motifs is 2. The van der Waals surface area contributed by atoms with E-state index in [1.165, 1.54) is 6.92 Å². The maximum Gasteiger partial charge on any atom is 0.302 e. The van der Waals surface area contributed by atoms with E-state index in [0.29, 0.717) is 19.5 Å². The molecule has 2 aliphatic carbocycles. The number of hydrogen-bond donors (Lipinski definition) is 1. The van der Waals surface area contributed by atoms with Gasteiger partial charge in [0.15, 0.2) is 6.29 Å². The largest absolute Gasteiger partial charge is 0.464 e. The van der Waals surface area contributed by atoms with Crippen LogP contribution in [0.15, 0.2) is 0 Å². The van der Waals surface area contributed by atoms with E-state index in [2.05, 4.69) is 20.8 Å². The molecule has 2 saturated heterocycles. The highest BCUT2D eigenvalue weighted by molar-refractivity contribution is 5.66. The number of carbonyl (C=O) groups is 2. The molecule has 4 fully saturated rings. The summed E-state index contributed by atoms with van der Waals surface area (Å²) < 4.78 is 23.7. The number of esters is 1. The normalized spacial score (nSPS) is 51.8. The fraction of sp³-hybridized carbons (Fsp3) is 0.909. The van der Waals surface area contributed by atoms with E-state index >= 15 is 0 Å². The molecule has 4 rings (SSSR count). The van der Waals surface area contributed by atoms with Crippen LogP contribution in [0.3, 0.4) is 0 Å². The molecule has 2 aliphatic heterocycles. The van der Waals surface area contributed by atoms with E-state index in [1.54, 1.807) is 0 Å². The van der Waals surface area contributed by atoms with Crippen LogP contribution in [0.25, 0.3) is 0 Å². The van der Waals surface area contributed by atoms with Gasteiger partial charge in [-0.2, -0.15) is 0 Å². The molecule has 7 heteroatoms. The minimum atomic E-state index is -0.766. The van der Waals surface area contributed by atoms with Crippen molar-refractivity contribution in [2.75, 3.05) is 6.61 Å². The predicted octanol–water partition coefficient (Wildman–Crippen LogP) is 2.58. The third-order valence-electron chi connectivity index (χ3n) is 8.57. The van der Waals surface area contributed by atoms with Crippen molar-refractivity contribution >= 4 is 12.4 Å². The lowest BCUT2D eigenvalue weighted by Crippen LogP contribution is -2.67. The van der Waals surface area contributed by atoms with Gasteiger partial charge < -0.3 is 24.1 Å². The molecule has 0 aromatic carbocycles. The van der Waals surface area contributed by atoms with Crippen molar-refractivity contribution < 1.29 is 33.6 Å². The van der Waals surface area contributed by atoms with Crippen LogP contribution in [0.2, 0.25) is 0 Å². The molecule has 0 unspecified atom stereocenters. The maximum absolute atomic E-state index is 11.6. The molecule has 2 heterocycles. The molecule has 29 heavy (non-hydrogen) atoms. The van der Waals surface area contributed by atoms with Gasteiger partial charge >= 0.3 is 5.97 Å². The van der Waals surface area contributed by atoms with Gasteiger partial charge in [0.1, 0.15) is 12.2 Å². The Hall–Kier alpha value is -1.18. The number of hydrogen-bond acceptors (Lipinski definition) is 7. The molecule has 2 saturated carbocycles. The minimum absolute atomic E-state index is 0.0318. The number of rotatable bonds is 3. The number of aliphatic hydroxyl groups is 1. The molecule has 1 N–H and O–H groups in total. The van der Waals surface area contributed by atoms with Crippen LogP contribution in [-0.4, -0.2) is 53.9 Å². The standard InChI is InChI=1S/C22H34O7/c1-13-9-17(27-12-23)19-14(2)16(28-15(3)24)5-6-20(19,4)22(13)8-7-21(29-22)10-18(25)26-11-21/h12-14,16-19,25H,5-11H2,1-4H3/t13-,14-,16-,17-,18+,19-,20+,21+,22+/m0/s1. The van der Waals surface area contributed by atoms with Gasteiger partial charge in [-0.3, -0.25) is 9.59 Å².